The predicted octanol–water partition coefficient (Wildman–Crippen LogP) is 3.00. The van der Waals surface area contributed by atoms with E-state index in [9.17, 15) is 4.79 Å². The van der Waals surface area contributed by atoms with Crippen molar-refractivity contribution in [2.45, 2.75) is 12.8 Å². The minimum absolute atomic E-state index is 0.264. The lowest BCUT2D eigenvalue weighted by Gasteiger charge is -2.09. The maximum Gasteiger partial charge on any atom is 0.335 e. The third-order valence-corrected chi connectivity index (χ3v) is 2.30. The summed E-state index contributed by atoms with van der Waals surface area (Å²) in [5.41, 5.74) is 0.264. The van der Waals surface area contributed by atoms with Gasteiger partial charge < -0.3 is 9.84 Å². The molecule has 0 fully saturated rings. The van der Waals surface area contributed by atoms with Gasteiger partial charge in [-0.1, -0.05) is 6.08 Å². The number of hydrogen-bond donors (Lipinski definition) is 1. The van der Waals surface area contributed by atoms with Gasteiger partial charge in [0, 0.05) is 0 Å². The maximum absolute atomic E-state index is 10.6. The zero-order valence-electron chi connectivity index (χ0n) is 8.72. The lowest BCUT2D eigenvalue weighted by atomic mass is 10.2. The zero-order chi connectivity index (χ0) is 11.4. The molecule has 0 aliphatic heterocycles. The van der Waals surface area contributed by atoms with E-state index in [2.05, 4.69) is 6.08 Å². The monoisotopic (exact) mass is 216 g/mol. The standard InChI is InChI=1S/C13H12O3/c14-13(15)10-6-8-12(9-7-10)16-11-4-2-1-3-5-11/h2,4-9H,1,3H2,(H,14,15). The molecule has 0 heterocycles. The number of rotatable bonds is 3. The van der Waals surface area contributed by atoms with Gasteiger partial charge in [0.1, 0.15) is 11.5 Å². The second-order valence-electron chi connectivity index (χ2n) is 3.52. The van der Waals surface area contributed by atoms with Crippen LogP contribution in [0, 0.1) is 0 Å². The molecule has 1 aliphatic rings. The van der Waals surface area contributed by atoms with E-state index in [1.807, 2.05) is 12.2 Å². The Morgan fingerprint density at radius 1 is 1.19 bits per heavy atom. The van der Waals surface area contributed by atoms with Gasteiger partial charge >= 0.3 is 5.97 Å². The van der Waals surface area contributed by atoms with Gasteiger partial charge in [-0.3, -0.25) is 0 Å². The highest BCUT2D eigenvalue weighted by Gasteiger charge is 2.04. The van der Waals surface area contributed by atoms with E-state index < -0.39 is 5.97 Å². The molecule has 2 rings (SSSR count). The van der Waals surface area contributed by atoms with E-state index in [0.29, 0.717) is 5.75 Å². The molecule has 0 unspecified atom stereocenters. The van der Waals surface area contributed by atoms with Crippen molar-refractivity contribution in [2.24, 2.45) is 0 Å². The van der Waals surface area contributed by atoms with Gasteiger partial charge in [-0.2, -0.15) is 0 Å². The van der Waals surface area contributed by atoms with Gasteiger partial charge in [-0.25, -0.2) is 4.79 Å². The average molecular weight is 216 g/mol. The molecule has 82 valence electrons. The molecule has 1 aromatic rings. The molecule has 0 atom stereocenters. The molecule has 1 aromatic carbocycles. The molecule has 0 saturated carbocycles. The van der Waals surface area contributed by atoms with Crippen molar-refractivity contribution < 1.29 is 14.6 Å². The molecular formula is C13H12O3. The summed E-state index contributed by atoms with van der Waals surface area (Å²) in [7, 11) is 0. The quantitative estimate of drug-likeness (QED) is 0.844. The Balaban J connectivity index is 2.08. The maximum atomic E-state index is 10.6. The average Bonchev–Trinajstić information content (AvgIpc) is 2.31. The van der Waals surface area contributed by atoms with Crippen LogP contribution in [0.3, 0.4) is 0 Å². The van der Waals surface area contributed by atoms with E-state index >= 15 is 0 Å². The number of carboxylic acids is 1. The SMILES string of the molecule is O=C(O)c1ccc(OC2=CCCC=C2)cc1. The van der Waals surface area contributed by atoms with Gasteiger partial charge in [-0.15, -0.1) is 0 Å². The summed E-state index contributed by atoms with van der Waals surface area (Å²) < 4.78 is 5.57. The molecule has 0 spiro atoms. The fourth-order valence-corrected chi connectivity index (χ4v) is 1.47. The third-order valence-electron chi connectivity index (χ3n) is 2.30. The molecule has 0 amide bonds. The van der Waals surface area contributed by atoms with Crippen LogP contribution in [0.15, 0.2) is 48.3 Å². The van der Waals surface area contributed by atoms with E-state index in [0.717, 1.165) is 18.6 Å². The van der Waals surface area contributed by atoms with Crippen LogP contribution in [0.4, 0.5) is 0 Å². The predicted molar refractivity (Wildman–Crippen MR) is 60.5 cm³/mol. The Kier molecular flexibility index (Phi) is 3.05. The van der Waals surface area contributed by atoms with Gasteiger partial charge in [0.25, 0.3) is 0 Å². The molecule has 16 heavy (non-hydrogen) atoms. The first-order valence-electron chi connectivity index (χ1n) is 5.13. The summed E-state index contributed by atoms with van der Waals surface area (Å²) in [5.74, 6) is 0.542. The third kappa shape index (κ3) is 2.51. The fourth-order valence-electron chi connectivity index (χ4n) is 1.47. The Bertz CT molecular complexity index is 441. The van der Waals surface area contributed by atoms with E-state index in [4.69, 9.17) is 9.84 Å². The van der Waals surface area contributed by atoms with Gasteiger partial charge in [-0.05, 0) is 49.3 Å². The first-order valence-corrected chi connectivity index (χ1v) is 5.13. The van der Waals surface area contributed by atoms with Crippen molar-refractivity contribution in [3.63, 3.8) is 0 Å². The second-order valence-corrected chi connectivity index (χ2v) is 3.52. The number of ether oxygens (including phenoxy) is 1. The van der Waals surface area contributed by atoms with Crippen molar-refractivity contribution in [3.8, 4) is 5.75 Å². The minimum atomic E-state index is -0.927. The highest BCUT2D eigenvalue weighted by atomic mass is 16.5. The van der Waals surface area contributed by atoms with Crippen LogP contribution in [0.1, 0.15) is 23.2 Å². The normalized spacial score (nSPS) is 14.4. The molecule has 1 N–H and O–H groups in total. The van der Waals surface area contributed by atoms with E-state index in [1.54, 1.807) is 12.1 Å². The summed E-state index contributed by atoms with van der Waals surface area (Å²) in [6, 6.07) is 6.38. The number of carbonyl (C=O) groups is 1. The molecule has 0 saturated heterocycles. The second kappa shape index (κ2) is 4.66. The van der Waals surface area contributed by atoms with Crippen LogP contribution in [0.25, 0.3) is 0 Å². The van der Waals surface area contributed by atoms with Crippen LogP contribution < -0.4 is 4.74 Å². The number of allylic oxidation sites excluding steroid dienone is 3. The van der Waals surface area contributed by atoms with Crippen LogP contribution in [0.5, 0.6) is 5.75 Å². The largest absolute Gasteiger partial charge is 0.478 e. The number of carboxylic acid groups (broad SMARTS) is 1. The molecule has 3 nitrogen and oxygen atoms in total. The summed E-state index contributed by atoms with van der Waals surface area (Å²) >= 11 is 0. The molecule has 3 heteroatoms. The van der Waals surface area contributed by atoms with Crippen LogP contribution in [-0.4, -0.2) is 11.1 Å². The summed E-state index contributed by atoms with van der Waals surface area (Å²) in [4.78, 5) is 10.6. The highest BCUT2D eigenvalue weighted by Crippen LogP contribution is 2.18. The highest BCUT2D eigenvalue weighted by molar-refractivity contribution is 5.87. The Morgan fingerprint density at radius 3 is 2.50 bits per heavy atom. The first-order chi connectivity index (χ1) is 7.75. The van der Waals surface area contributed by atoms with Gasteiger partial charge in [0.15, 0.2) is 0 Å². The van der Waals surface area contributed by atoms with Gasteiger partial charge in [0.2, 0.25) is 0 Å². The smallest absolute Gasteiger partial charge is 0.335 e. The van der Waals surface area contributed by atoms with E-state index in [1.165, 1.54) is 12.1 Å². The molecule has 0 bridgehead atoms. The summed E-state index contributed by atoms with van der Waals surface area (Å²) in [5, 5.41) is 8.73. The van der Waals surface area contributed by atoms with Crippen molar-refractivity contribution in [2.75, 3.05) is 0 Å². The minimum Gasteiger partial charge on any atom is -0.478 e. The van der Waals surface area contributed by atoms with Crippen molar-refractivity contribution in [1.82, 2.24) is 0 Å². The molecule has 1 aliphatic carbocycles. The van der Waals surface area contributed by atoms with Crippen LogP contribution in [0.2, 0.25) is 0 Å². The first kappa shape index (κ1) is 10.5. The number of aromatic carboxylic acids is 1. The molecule has 0 aromatic heterocycles. The van der Waals surface area contributed by atoms with Crippen LogP contribution >= 0.6 is 0 Å². The van der Waals surface area contributed by atoms with Gasteiger partial charge in [0.05, 0.1) is 5.56 Å². The number of hydrogen-bond acceptors (Lipinski definition) is 2. The van der Waals surface area contributed by atoms with Crippen molar-refractivity contribution in [1.29, 1.82) is 0 Å². The fraction of sp³-hybridized carbons (Fsp3) is 0.154. The Morgan fingerprint density at radius 2 is 1.94 bits per heavy atom. The topological polar surface area (TPSA) is 46.5 Å². The van der Waals surface area contributed by atoms with Crippen LogP contribution in [-0.2, 0) is 0 Å². The number of benzene rings is 1. The molecular weight excluding hydrogens is 204 g/mol. The zero-order valence-corrected chi connectivity index (χ0v) is 8.72. The Hall–Kier alpha value is -2.03. The lowest BCUT2D eigenvalue weighted by molar-refractivity contribution is 0.0697. The summed E-state index contributed by atoms with van der Waals surface area (Å²) in [6.07, 6.45) is 8.03. The van der Waals surface area contributed by atoms with E-state index in [-0.39, 0.29) is 5.56 Å². The van der Waals surface area contributed by atoms with Crippen molar-refractivity contribution in [3.05, 3.63) is 53.8 Å². The molecule has 0 radical (unpaired) electrons. The lowest BCUT2D eigenvalue weighted by Crippen LogP contribution is -1.97. The Labute approximate surface area is 93.7 Å². The summed E-state index contributed by atoms with van der Waals surface area (Å²) in [6.45, 7) is 0. The van der Waals surface area contributed by atoms with Crippen molar-refractivity contribution >= 4 is 5.97 Å².